The van der Waals surface area contributed by atoms with E-state index in [1.165, 1.54) is 11.4 Å². The number of ether oxygens (including phenoxy) is 1. The number of hydrogen-bond donors (Lipinski definition) is 0. The maximum Gasteiger partial charge on any atom is 0.246 e. The molecule has 0 aliphatic carbocycles. The van der Waals surface area contributed by atoms with E-state index in [9.17, 15) is 8.42 Å². The van der Waals surface area contributed by atoms with Crippen LogP contribution in [-0.2, 0) is 16.4 Å². The molecule has 7 heteroatoms. The molecule has 0 aliphatic heterocycles. The highest BCUT2D eigenvalue weighted by Gasteiger charge is 2.27. The summed E-state index contributed by atoms with van der Waals surface area (Å²) in [7, 11) is 1.67. The number of halogens is 1. The van der Waals surface area contributed by atoms with Gasteiger partial charge in [-0.15, -0.1) is 0 Å². The Morgan fingerprint density at radius 2 is 1.69 bits per heavy atom. The van der Waals surface area contributed by atoms with Crippen molar-refractivity contribution in [2.75, 3.05) is 40.8 Å². The smallest absolute Gasteiger partial charge is 0.246 e. The van der Waals surface area contributed by atoms with Crippen LogP contribution in [0.2, 0.25) is 0 Å². The van der Waals surface area contributed by atoms with Crippen molar-refractivity contribution < 1.29 is 13.2 Å². The molecule has 0 aromatic heterocycles. The molecule has 0 saturated heterocycles. The van der Waals surface area contributed by atoms with Crippen molar-refractivity contribution in [3.8, 4) is 5.75 Å². The topological polar surface area (TPSA) is 49.9 Å². The SMILES string of the molecule is COc1ccc(Br)cc1S(=O)(=O)N(CCc1ccccc1)CCN(C)C. The second kappa shape index (κ2) is 9.50. The van der Waals surface area contributed by atoms with Gasteiger partial charge in [0.15, 0.2) is 0 Å². The number of likely N-dealkylation sites (N-methyl/N-ethyl adjacent to an activating group) is 1. The van der Waals surface area contributed by atoms with E-state index in [1.807, 2.05) is 49.3 Å². The summed E-state index contributed by atoms with van der Waals surface area (Å²) < 4.78 is 34.1. The van der Waals surface area contributed by atoms with Crippen molar-refractivity contribution >= 4 is 26.0 Å². The van der Waals surface area contributed by atoms with E-state index >= 15 is 0 Å². The zero-order valence-electron chi connectivity index (χ0n) is 15.4. The van der Waals surface area contributed by atoms with Gasteiger partial charge in [-0.25, -0.2) is 8.42 Å². The van der Waals surface area contributed by atoms with Crippen molar-refractivity contribution in [1.82, 2.24) is 9.21 Å². The molecule has 5 nitrogen and oxygen atoms in total. The van der Waals surface area contributed by atoms with E-state index < -0.39 is 10.0 Å². The third-order valence-electron chi connectivity index (χ3n) is 4.03. The second-order valence-corrected chi connectivity index (χ2v) is 9.06. The minimum absolute atomic E-state index is 0.182. The maximum absolute atomic E-state index is 13.3. The highest BCUT2D eigenvalue weighted by molar-refractivity contribution is 9.10. The normalized spacial score (nSPS) is 11.9. The molecule has 2 aromatic carbocycles. The van der Waals surface area contributed by atoms with Crippen LogP contribution in [0.15, 0.2) is 57.9 Å². The highest BCUT2D eigenvalue weighted by atomic mass is 79.9. The van der Waals surface area contributed by atoms with Crippen LogP contribution in [0.1, 0.15) is 5.56 Å². The van der Waals surface area contributed by atoms with E-state index in [1.54, 1.807) is 18.2 Å². The quantitative estimate of drug-likeness (QED) is 0.600. The first-order valence-electron chi connectivity index (χ1n) is 8.37. The molecular weight excluding hydrogens is 416 g/mol. The van der Waals surface area contributed by atoms with Crippen LogP contribution in [0.4, 0.5) is 0 Å². The lowest BCUT2D eigenvalue weighted by molar-refractivity contribution is 0.332. The zero-order valence-corrected chi connectivity index (χ0v) is 17.8. The van der Waals surface area contributed by atoms with Gasteiger partial charge >= 0.3 is 0 Å². The first-order valence-corrected chi connectivity index (χ1v) is 10.6. The predicted molar refractivity (Wildman–Crippen MR) is 108 cm³/mol. The van der Waals surface area contributed by atoms with Crippen LogP contribution in [-0.4, -0.2) is 58.5 Å². The van der Waals surface area contributed by atoms with Crippen molar-refractivity contribution in [3.63, 3.8) is 0 Å². The number of benzene rings is 2. The van der Waals surface area contributed by atoms with E-state index in [2.05, 4.69) is 15.9 Å². The summed E-state index contributed by atoms with van der Waals surface area (Å²) in [6.45, 7) is 1.47. The minimum atomic E-state index is -3.68. The molecule has 2 aromatic rings. The third kappa shape index (κ3) is 5.54. The fraction of sp³-hybridized carbons (Fsp3) is 0.368. The average molecular weight is 441 g/mol. The lowest BCUT2D eigenvalue weighted by atomic mass is 10.1. The first-order chi connectivity index (χ1) is 12.3. The standard InChI is InChI=1S/C19H25BrN2O3S/c1-21(2)13-14-22(12-11-16-7-5-4-6-8-16)26(23,24)19-15-17(20)9-10-18(19)25-3/h4-10,15H,11-14H2,1-3H3. The number of nitrogens with zero attached hydrogens (tertiary/aromatic N) is 2. The molecule has 142 valence electrons. The minimum Gasteiger partial charge on any atom is -0.495 e. The Labute approximate surface area is 164 Å². The fourth-order valence-electron chi connectivity index (χ4n) is 2.55. The molecule has 0 spiro atoms. The van der Waals surface area contributed by atoms with E-state index in [0.717, 1.165) is 5.56 Å². The van der Waals surface area contributed by atoms with Gasteiger partial charge in [-0.1, -0.05) is 46.3 Å². The summed E-state index contributed by atoms with van der Waals surface area (Å²) in [5, 5.41) is 0. The molecule has 0 bridgehead atoms. The third-order valence-corrected chi connectivity index (χ3v) is 6.45. The van der Waals surface area contributed by atoms with Crippen LogP contribution < -0.4 is 4.74 Å². The maximum atomic E-state index is 13.3. The van der Waals surface area contributed by atoms with Gasteiger partial charge in [-0.05, 0) is 44.3 Å². The second-order valence-electron chi connectivity index (χ2n) is 6.24. The van der Waals surface area contributed by atoms with Gasteiger partial charge in [0, 0.05) is 24.1 Å². The van der Waals surface area contributed by atoms with E-state index in [4.69, 9.17) is 4.74 Å². The molecule has 26 heavy (non-hydrogen) atoms. The number of methoxy groups -OCH3 is 1. The molecule has 0 atom stereocenters. The van der Waals surface area contributed by atoms with Crippen molar-refractivity contribution in [2.45, 2.75) is 11.3 Å². The van der Waals surface area contributed by atoms with Crippen LogP contribution in [0.3, 0.4) is 0 Å². The van der Waals surface area contributed by atoms with Gasteiger partial charge in [0.05, 0.1) is 7.11 Å². The fourth-order valence-corrected chi connectivity index (χ4v) is 4.68. The Balaban J connectivity index is 2.31. The van der Waals surface area contributed by atoms with Crippen LogP contribution in [0, 0.1) is 0 Å². The van der Waals surface area contributed by atoms with Gasteiger partial charge in [-0.2, -0.15) is 4.31 Å². The summed E-state index contributed by atoms with van der Waals surface area (Å²) >= 11 is 3.36. The summed E-state index contributed by atoms with van der Waals surface area (Å²) in [6, 6.07) is 14.9. The van der Waals surface area contributed by atoms with Gasteiger partial charge in [-0.3, -0.25) is 0 Å². The summed E-state index contributed by atoms with van der Waals surface area (Å²) in [5.74, 6) is 0.350. The van der Waals surface area contributed by atoms with Crippen molar-refractivity contribution in [1.29, 1.82) is 0 Å². The van der Waals surface area contributed by atoms with E-state index in [0.29, 0.717) is 36.3 Å². The average Bonchev–Trinajstić information content (AvgIpc) is 2.62. The Kier molecular flexibility index (Phi) is 7.64. The summed E-state index contributed by atoms with van der Waals surface area (Å²) in [6.07, 6.45) is 0.657. The predicted octanol–water partition coefficient (Wildman–Crippen LogP) is 3.25. The molecule has 0 saturated carbocycles. The summed E-state index contributed by atoms with van der Waals surface area (Å²) in [5.41, 5.74) is 1.11. The van der Waals surface area contributed by atoms with Crippen LogP contribution >= 0.6 is 15.9 Å². The van der Waals surface area contributed by atoms with Crippen molar-refractivity contribution in [3.05, 3.63) is 58.6 Å². The molecule has 0 fully saturated rings. The number of hydrogen-bond acceptors (Lipinski definition) is 4. The molecule has 0 radical (unpaired) electrons. The molecule has 0 amide bonds. The monoisotopic (exact) mass is 440 g/mol. The molecular formula is C19H25BrN2O3S. The lowest BCUT2D eigenvalue weighted by Crippen LogP contribution is -2.38. The van der Waals surface area contributed by atoms with Crippen LogP contribution in [0.5, 0.6) is 5.75 Å². The first kappa shape index (κ1) is 20.9. The Hall–Kier alpha value is -1.41. The Morgan fingerprint density at radius 3 is 2.31 bits per heavy atom. The molecule has 0 unspecified atom stereocenters. The van der Waals surface area contributed by atoms with Gasteiger partial charge in [0.1, 0.15) is 10.6 Å². The van der Waals surface area contributed by atoms with Gasteiger partial charge in [0.2, 0.25) is 10.0 Å². The van der Waals surface area contributed by atoms with Crippen LogP contribution in [0.25, 0.3) is 0 Å². The Morgan fingerprint density at radius 1 is 1.00 bits per heavy atom. The van der Waals surface area contributed by atoms with Crippen molar-refractivity contribution in [2.24, 2.45) is 0 Å². The summed E-state index contributed by atoms with van der Waals surface area (Å²) in [4.78, 5) is 2.16. The van der Waals surface area contributed by atoms with Gasteiger partial charge in [0.25, 0.3) is 0 Å². The zero-order chi connectivity index (χ0) is 19.2. The number of sulfonamides is 1. The molecule has 2 rings (SSSR count). The molecule has 0 aliphatic rings. The highest BCUT2D eigenvalue weighted by Crippen LogP contribution is 2.29. The largest absolute Gasteiger partial charge is 0.495 e. The molecule has 0 heterocycles. The van der Waals surface area contributed by atoms with Gasteiger partial charge < -0.3 is 9.64 Å². The molecule has 0 N–H and O–H groups in total. The van der Waals surface area contributed by atoms with E-state index in [-0.39, 0.29) is 4.90 Å². The number of rotatable bonds is 9. The lowest BCUT2D eigenvalue weighted by Gasteiger charge is -2.25. The Bertz CT molecular complexity index is 811.